The highest BCUT2D eigenvalue weighted by molar-refractivity contribution is 7.89. The highest BCUT2D eigenvalue weighted by atomic mass is 35.5. The lowest BCUT2D eigenvalue weighted by molar-refractivity contribution is -0.134. The number of nitrogens with two attached hydrogens (primary N) is 1. The van der Waals surface area contributed by atoms with Gasteiger partial charge in [-0.05, 0) is 36.1 Å². The Morgan fingerprint density at radius 2 is 1.69 bits per heavy atom. The third kappa shape index (κ3) is 5.16. The molecule has 6 nitrogen and oxygen atoms in total. The molecule has 0 aliphatic carbocycles. The molecule has 2 N–H and O–H groups in total. The predicted octanol–water partition coefficient (Wildman–Crippen LogP) is 1.84. The lowest BCUT2D eigenvalue weighted by Crippen LogP contribution is -2.51. The number of amides is 1. The van der Waals surface area contributed by atoms with E-state index in [-0.39, 0.29) is 35.2 Å². The Morgan fingerprint density at radius 3 is 2.23 bits per heavy atom. The molecular weight excluding hydrogens is 381 g/mol. The molecule has 0 unspecified atom stereocenters. The minimum Gasteiger partial charge on any atom is -0.340 e. The summed E-state index contributed by atoms with van der Waals surface area (Å²) in [6.07, 6.45) is 0.531. The Balaban J connectivity index is 0.00000338. The molecule has 1 amide bonds. The number of rotatable bonds is 3. The van der Waals surface area contributed by atoms with Crippen LogP contribution in [0.3, 0.4) is 0 Å². The van der Waals surface area contributed by atoms with Crippen molar-refractivity contribution in [1.29, 1.82) is 0 Å². The van der Waals surface area contributed by atoms with Gasteiger partial charge in [-0.15, -0.1) is 12.4 Å². The summed E-state index contributed by atoms with van der Waals surface area (Å²) in [6.45, 7) is 6.98. The topological polar surface area (TPSA) is 83.7 Å². The van der Waals surface area contributed by atoms with Gasteiger partial charge < -0.3 is 10.6 Å². The maximum atomic E-state index is 13.0. The van der Waals surface area contributed by atoms with E-state index in [2.05, 4.69) is 0 Å². The molecule has 2 rings (SSSR count). The number of hydrogen-bond donors (Lipinski definition) is 1. The van der Waals surface area contributed by atoms with Crippen molar-refractivity contribution in [3.63, 3.8) is 0 Å². The molecule has 1 aromatic rings. The summed E-state index contributed by atoms with van der Waals surface area (Å²) in [5.74, 6) is -0.642. The predicted molar refractivity (Wildman–Crippen MR) is 101 cm³/mol. The van der Waals surface area contributed by atoms with Crippen LogP contribution in [0.1, 0.15) is 27.2 Å². The van der Waals surface area contributed by atoms with Crippen LogP contribution in [-0.4, -0.2) is 55.8 Å². The van der Waals surface area contributed by atoms with Gasteiger partial charge in [-0.25, -0.2) is 12.8 Å². The van der Waals surface area contributed by atoms with Crippen LogP contribution in [0, 0.1) is 11.2 Å². The van der Waals surface area contributed by atoms with Crippen molar-refractivity contribution < 1.29 is 17.6 Å². The number of sulfonamides is 1. The van der Waals surface area contributed by atoms with Crippen molar-refractivity contribution in [3.8, 4) is 0 Å². The van der Waals surface area contributed by atoms with Gasteiger partial charge in [0.1, 0.15) is 5.82 Å². The molecule has 148 valence electrons. The molecule has 1 aromatic carbocycles. The van der Waals surface area contributed by atoms with E-state index in [0.29, 0.717) is 26.1 Å². The van der Waals surface area contributed by atoms with Crippen molar-refractivity contribution in [2.24, 2.45) is 11.1 Å². The van der Waals surface area contributed by atoms with Crippen LogP contribution in [0.4, 0.5) is 4.39 Å². The summed E-state index contributed by atoms with van der Waals surface area (Å²) in [5.41, 5.74) is 5.69. The first-order chi connectivity index (χ1) is 11.5. The third-order valence-corrected chi connectivity index (χ3v) is 6.33. The van der Waals surface area contributed by atoms with E-state index in [1.807, 2.05) is 20.8 Å². The van der Waals surface area contributed by atoms with Crippen molar-refractivity contribution in [1.82, 2.24) is 9.21 Å². The first-order valence-electron chi connectivity index (χ1n) is 8.33. The minimum absolute atomic E-state index is 0. The third-order valence-electron chi connectivity index (χ3n) is 4.42. The fraction of sp³-hybridized carbons (Fsp3) is 0.588. The summed E-state index contributed by atoms with van der Waals surface area (Å²) < 4.78 is 39.8. The molecule has 1 aliphatic heterocycles. The largest absolute Gasteiger partial charge is 0.340 e. The number of carbonyl (C=O) groups excluding carboxylic acids is 1. The molecule has 1 fully saturated rings. The van der Waals surface area contributed by atoms with Gasteiger partial charge >= 0.3 is 0 Å². The van der Waals surface area contributed by atoms with Crippen molar-refractivity contribution in [2.75, 3.05) is 26.2 Å². The highest BCUT2D eigenvalue weighted by Gasteiger charge is 2.33. The SMILES string of the molecule is CC(C)(C)[C@H](N)C(=O)N1CCCN(S(=O)(=O)c2ccc(F)cc2)CC1.Cl. The smallest absolute Gasteiger partial charge is 0.243 e. The van der Waals surface area contributed by atoms with E-state index < -0.39 is 21.9 Å². The quantitative estimate of drug-likeness (QED) is 0.828. The lowest BCUT2D eigenvalue weighted by Gasteiger charge is -2.31. The van der Waals surface area contributed by atoms with E-state index in [9.17, 15) is 17.6 Å². The number of halogens is 2. The van der Waals surface area contributed by atoms with Gasteiger partial charge in [-0.1, -0.05) is 20.8 Å². The highest BCUT2D eigenvalue weighted by Crippen LogP contribution is 2.21. The van der Waals surface area contributed by atoms with Crippen molar-refractivity contribution in [2.45, 2.75) is 38.1 Å². The molecule has 1 aliphatic rings. The van der Waals surface area contributed by atoms with E-state index in [1.165, 1.54) is 16.4 Å². The molecule has 1 atom stereocenters. The van der Waals surface area contributed by atoms with Gasteiger partial charge in [0.15, 0.2) is 0 Å². The van der Waals surface area contributed by atoms with Crippen LogP contribution in [0.5, 0.6) is 0 Å². The van der Waals surface area contributed by atoms with Crippen LogP contribution in [0.15, 0.2) is 29.2 Å². The van der Waals surface area contributed by atoms with Crippen molar-refractivity contribution >= 4 is 28.3 Å². The fourth-order valence-electron chi connectivity index (χ4n) is 2.68. The van der Waals surface area contributed by atoms with Crippen molar-refractivity contribution in [3.05, 3.63) is 30.1 Å². The van der Waals surface area contributed by atoms with Crippen LogP contribution >= 0.6 is 12.4 Å². The zero-order chi connectivity index (χ0) is 18.8. The summed E-state index contributed by atoms with van der Waals surface area (Å²) in [4.78, 5) is 14.2. The molecule has 1 saturated heterocycles. The molecule has 9 heteroatoms. The second kappa shape index (κ2) is 8.65. The van der Waals surface area contributed by atoms with Crippen LogP contribution < -0.4 is 5.73 Å². The Kier molecular flexibility index (Phi) is 7.59. The van der Waals surface area contributed by atoms with Gasteiger partial charge in [0.2, 0.25) is 15.9 Å². The van der Waals surface area contributed by atoms with E-state index in [4.69, 9.17) is 5.73 Å². The van der Waals surface area contributed by atoms with Crippen LogP contribution in [0.25, 0.3) is 0 Å². The molecule has 1 heterocycles. The second-order valence-corrected chi connectivity index (χ2v) is 9.32. The Hall–Kier alpha value is -1.22. The number of benzene rings is 1. The summed E-state index contributed by atoms with van der Waals surface area (Å²) >= 11 is 0. The van der Waals surface area contributed by atoms with Gasteiger partial charge in [0.25, 0.3) is 0 Å². The first kappa shape index (κ1) is 22.8. The van der Waals surface area contributed by atoms with E-state index >= 15 is 0 Å². The Labute approximate surface area is 161 Å². The molecule has 0 aromatic heterocycles. The normalized spacial score (nSPS) is 18.0. The molecule has 26 heavy (non-hydrogen) atoms. The average molecular weight is 408 g/mol. The van der Waals surface area contributed by atoms with Crippen LogP contribution in [0.2, 0.25) is 0 Å². The Morgan fingerprint density at radius 1 is 1.12 bits per heavy atom. The minimum atomic E-state index is -3.70. The maximum Gasteiger partial charge on any atom is 0.243 e. The fourth-order valence-corrected chi connectivity index (χ4v) is 4.15. The molecule has 0 saturated carbocycles. The molecular formula is C17H27ClFN3O3S. The van der Waals surface area contributed by atoms with E-state index in [0.717, 1.165) is 12.1 Å². The van der Waals surface area contributed by atoms with E-state index in [1.54, 1.807) is 4.90 Å². The monoisotopic (exact) mass is 407 g/mol. The van der Waals surface area contributed by atoms with Gasteiger partial charge in [-0.2, -0.15) is 4.31 Å². The lowest BCUT2D eigenvalue weighted by atomic mass is 9.86. The summed E-state index contributed by atoms with van der Waals surface area (Å²) in [7, 11) is -3.70. The first-order valence-corrected chi connectivity index (χ1v) is 9.77. The number of nitrogens with zero attached hydrogens (tertiary/aromatic N) is 2. The number of hydrogen-bond acceptors (Lipinski definition) is 4. The van der Waals surface area contributed by atoms with Gasteiger partial charge in [0.05, 0.1) is 10.9 Å². The maximum absolute atomic E-state index is 13.0. The molecule has 0 spiro atoms. The van der Waals surface area contributed by atoms with Gasteiger partial charge in [0, 0.05) is 26.2 Å². The van der Waals surface area contributed by atoms with Crippen LogP contribution in [-0.2, 0) is 14.8 Å². The summed E-state index contributed by atoms with van der Waals surface area (Å²) in [5, 5.41) is 0. The standard InChI is InChI=1S/C17H26FN3O3S.ClH/c1-17(2,3)15(19)16(22)20-9-4-10-21(12-11-20)25(23,24)14-7-5-13(18)6-8-14;/h5-8,15H,4,9-12,19H2,1-3H3;1H/t15-;/m1./s1. The second-order valence-electron chi connectivity index (χ2n) is 7.38. The zero-order valence-corrected chi connectivity index (χ0v) is 16.9. The number of carbonyl (C=O) groups is 1. The summed E-state index contributed by atoms with van der Waals surface area (Å²) in [6, 6.07) is 4.14. The molecule has 0 bridgehead atoms. The zero-order valence-electron chi connectivity index (χ0n) is 15.3. The van der Waals surface area contributed by atoms with Gasteiger partial charge in [-0.3, -0.25) is 4.79 Å². The Bertz CT molecular complexity index is 720. The molecule has 0 radical (unpaired) electrons. The average Bonchev–Trinajstić information content (AvgIpc) is 2.79.